The van der Waals surface area contributed by atoms with Gasteiger partial charge in [-0.2, -0.15) is 0 Å². The maximum Gasteiger partial charge on any atom is 0.322 e. The van der Waals surface area contributed by atoms with Crippen LogP contribution in [0.1, 0.15) is 43.0 Å². The molecule has 1 amide bonds. The van der Waals surface area contributed by atoms with Crippen LogP contribution in [0, 0.1) is 0 Å². The molecule has 1 aromatic rings. The second-order valence-electron chi connectivity index (χ2n) is 4.51. The van der Waals surface area contributed by atoms with Crippen molar-refractivity contribution < 1.29 is 19.4 Å². The summed E-state index contributed by atoms with van der Waals surface area (Å²) in [6.45, 7) is 2.45. The number of carbonyl (C=O) groups is 2. The first-order chi connectivity index (χ1) is 9.63. The molecule has 5 nitrogen and oxygen atoms in total. The summed E-state index contributed by atoms with van der Waals surface area (Å²) in [4.78, 5) is 21.9. The predicted molar refractivity (Wildman–Crippen MR) is 76.0 cm³/mol. The van der Waals surface area contributed by atoms with Crippen LogP contribution in [-0.2, 0) is 4.79 Å². The zero-order valence-corrected chi connectivity index (χ0v) is 11.7. The first-order valence-electron chi connectivity index (χ1n) is 6.86. The van der Waals surface area contributed by atoms with Crippen molar-refractivity contribution in [1.82, 2.24) is 5.32 Å². The van der Waals surface area contributed by atoms with E-state index in [9.17, 15) is 9.59 Å². The fourth-order valence-corrected chi connectivity index (χ4v) is 1.68. The molecule has 0 aliphatic rings. The third-order valence-corrected chi connectivity index (χ3v) is 2.78. The number of rotatable bonds is 9. The highest BCUT2D eigenvalue weighted by Gasteiger charge is 2.06. The molecule has 1 aromatic carbocycles. The van der Waals surface area contributed by atoms with Gasteiger partial charge in [0, 0.05) is 5.56 Å². The molecule has 110 valence electrons. The molecule has 0 aliphatic heterocycles. The quantitative estimate of drug-likeness (QED) is 0.681. The molecule has 0 atom stereocenters. The van der Waals surface area contributed by atoms with E-state index in [0.29, 0.717) is 12.2 Å². The average molecular weight is 279 g/mol. The number of nitrogens with one attached hydrogen (secondary N) is 1. The molecule has 0 bridgehead atoms. The van der Waals surface area contributed by atoms with E-state index >= 15 is 0 Å². The SMILES string of the molecule is CCCCCCOc1ccc(C(=O)NCC(=O)O)cc1. The van der Waals surface area contributed by atoms with Gasteiger partial charge in [-0.05, 0) is 30.7 Å². The Balaban J connectivity index is 2.36. The lowest BCUT2D eigenvalue weighted by Crippen LogP contribution is -2.29. The highest BCUT2D eigenvalue weighted by molar-refractivity contribution is 5.95. The number of amides is 1. The molecule has 0 heterocycles. The Labute approximate surface area is 118 Å². The van der Waals surface area contributed by atoms with Crippen LogP contribution in [0.25, 0.3) is 0 Å². The Bertz CT molecular complexity index is 428. The van der Waals surface area contributed by atoms with Crippen molar-refractivity contribution in [3.8, 4) is 5.75 Å². The van der Waals surface area contributed by atoms with Crippen molar-refractivity contribution in [2.75, 3.05) is 13.2 Å². The number of carboxylic acids is 1. The van der Waals surface area contributed by atoms with Crippen LogP contribution in [0.2, 0.25) is 0 Å². The highest BCUT2D eigenvalue weighted by atomic mass is 16.5. The summed E-state index contributed by atoms with van der Waals surface area (Å²) in [5.41, 5.74) is 0.421. The minimum Gasteiger partial charge on any atom is -0.494 e. The number of hydrogen-bond acceptors (Lipinski definition) is 3. The summed E-state index contributed by atoms with van der Waals surface area (Å²) in [6, 6.07) is 6.68. The molecule has 20 heavy (non-hydrogen) atoms. The van der Waals surface area contributed by atoms with Crippen molar-refractivity contribution in [2.45, 2.75) is 32.6 Å². The van der Waals surface area contributed by atoms with Crippen LogP contribution in [0.3, 0.4) is 0 Å². The molecule has 0 saturated heterocycles. The van der Waals surface area contributed by atoms with E-state index < -0.39 is 11.9 Å². The first kappa shape index (κ1) is 16.0. The molecule has 0 unspecified atom stereocenters. The van der Waals surface area contributed by atoms with Crippen molar-refractivity contribution in [3.63, 3.8) is 0 Å². The number of aliphatic carboxylic acids is 1. The summed E-state index contributed by atoms with van der Waals surface area (Å²) in [6.07, 6.45) is 4.59. The van der Waals surface area contributed by atoms with Crippen molar-refractivity contribution >= 4 is 11.9 Å². The second kappa shape index (κ2) is 8.96. The maximum atomic E-state index is 11.6. The summed E-state index contributed by atoms with van der Waals surface area (Å²) >= 11 is 0. The van der Waals surface area contributed by atoms with Gasteiger partial charge in [0.2, 0.25) is 0 Å². The van der Waals surface area contributed by atoms with Gasteiger partial charge in [-0.15, -0.1) is 0 Å². The lowest BCUT2D eigenvalue weighted by atomic mass is 10.2. The number of carboxylic acid groups (broad SMARTS) is 1. The standard InChI is InChI=1S/C15H21NO4/c1-2-3-4-5-10-20-13-8-6-12(7-9-13)15(19)16-11-14(17)18/h6-9H,2-5,10-11H2,1H3,(H,16,19)(H,17,18). The van der Waals surface area contributed by atoms with Gasteiger partial charge in [-0.25, -0.2) is 0 Å². The Morgan fingerprint density at radius 2 is 1.85 bits per heavy atom. The zero-order chi connectivity index (χ0) is 14.8. The van der Waals surface area contributed by atoms with Gasteiger partial charge in [0.05, 0.1) is 6.61 Å². The molecular formula is C15H21NO4. The topological polar surface area (TPSA) is 75.6 Å². The van der Waals surface area contributed by atoms with Crippen LogP contribution in [0.4, 0.5) is 0 Å². The zero-order valence-electron chi connectivity index (χ0n) is 11.7. The molecule has 0 radical (unpaired) electrons. The Kier molecular flexibility index (Phi) is 7.17. The van der Waals surface area contributed by atoms with Gasteiger partial charge in [0.25, 0.3) is 5.91 Å². The van der Waals surface area contributed by atoms with Gasteiger partial charge >= 0.3 is 5.97 Å². The lowest BCUT2D eigenvalue weighted by molar-refractivity contribution is -0.135. The molecular weight excluding hydrogens is 258 g/mol. The van der Waals surface area contributed by atoms with Crippen LogP contribution >= 0.6 is 0 Å². The van der Waals surface area contributed by atoms with E-state index in [1.165, 1.54) is 12.8 Å². The molecule has 0 aromatic heterocycles. The van der Waals surface area contributed by atoms with Crippen LogP contribution in [0.5, 0.6) is 5.75 Å². The minimum absolute atomic E-state index is 0.380. The predicted octanol–water partition coefficient (Wildman–Crippen LogP) is 2.46. The van der Waals surface area contributed by atoms with Gasteiger partial charge in [-0.3, -0.25) is 9.59 Å². The monoisotopic (exact) mass is 279 g/mol. The number of hydrogen-bond donors (Lipinski definition) is 2. The lowest BCUT2D eigenvalue weighted by Gasteiger charge is -2.07. The molecule has 0 fully saturated rings. The molecule has 2 N–H and O–H groups in total. The Hall–Kier alpha value is -2.04. The number of benzene rings is 1. The summed E-state index contributed by atoms with van der Waals surface area (Å²) in [7, 11) is 0. The van der Waals surface area contributed by atoms with Crippen molar-refractivity contribution in [1.29, 1.82) is 0 Å². The average Bonchev–Trinajstić information content (AvgIpc) is 2.45. The largest absolute Gasteiger partial charge is 0.494 e. The summed E-state index contributed by atoms with van der Waals surface area (Å²) in [5, 5.41) is 10.8. The molecule has 0 aliphatic carbocycles. The van der Waals surface area contributed by atoms with Gasteiger partial charge < -0.3 is 15.2 Å². The first-order valence-corrected chi connectivity index (χ1v) is 6.86. The van der Waals surface area contributed by atoms with Crippen molar-refractivity contribution in [2.24, 2.45) is 0 Å². The summed E-state index contributed by atoms with van der Waals surface area (Å²) < 4.78 is 5.56. The normalized spacial score (nSPS) is 10.1. The molecule has 0 spiro atoms. The molecule has 5 heteroatoms. The fraction of sp³-hybridized carbons (Fsp3) is 0.467. The number of ether oxygens (including phenoxy) is 1. The summed E-state index contributed by atoms with van der Waals surface area (Å²) in [5.74, 6) is -0.747. The second-order valence-corrected chi connectivity index (χ2v) is 4.51. The van der Waals surface area contributed by atoms with E-state index in [0.717, 1.165) is 18.6 Å². The van der Waals surface area contributed by atoms with Gasteiger partial charge in [0.1, 0.15) is 12.3 Å². The number of unbranched alkanes of at least 4 members (excludes halogenated alkanes) is 3. The molecule has 1 rings (SSSR count). The van der Waals surface area contributed by atoms with E-state index in [1.807, 2.05) is 0 Å². The smallest absolute Gasteiger partial charge is 0.322 e. The fourth-order valence-electron chi connectivity index (χ4n) is 1.68. The van der Waals surface area contributed by atoms with Crippen LogP contribution in [-0.4, -0.2) is 30.1 Å². The van der Waals surface area contributed by atoms with Crippen molar-refractivity contribution in [3.05, 3.63) is 29.8 Å². The van der Waals surface area contributed by atoms with Crippen LogP contribution < -0.4 is 10.1 Å². The minimum atomic E-state index is -1.06. The maximum absolute atomic E-state index is 11.6. The Morgan fingerprint density at radius 1 is 1.15 bits per heavy atom. The van der Waals surface area contributed by atoms with E-state index in [1.54, 1.807) is 24.3 Å². The Morgan fingerprint density at radius 3 is 2.45 bits per heavy atom. The molecule has 0 saturated carbocycles. The third-order valence-electron chi connectivity index (χ3n) is 2.78. The number of carbonyl (C=O) groups excluding carboxylic acids is 1. The third kappa shape index (κ3) is 6.22. The van der Waals surface area contributed by atoms with E-state index in [2.05, 4.69) is 12.2 Å². The van der Waals surface area contributed by atoms with Gasteiger partial charge in [-0.1, -0.05) is 26.2 Å². The van der Waals surface area contributed by atoms with Gasteiger partial charge in [0.15, 0.2) is 0 Å². The van der Waals surface area contributed by atoms with Crippen LogP contribution in [0.15, 0.2) is 24.3 Å². The van der Waals surface area contributed by atoms with E-state index in [4.69, 9.17) is 9.84 Å². The highest BCUT2D eigenvalue weighted by Crippen LogP contribution is 2.13. The van der Waals surface area contributed by atoms with E-state index in [-0.39, 0.29) is 6.54 Å².